The van der Waals surface area contributed by atoms with Crippen molar-refractivity contribution >= 4 is 28.3 Å². The molecular weight excluding hydrogens is 448 g/mol. The lowest BCUT2D eigenvalue weighted by Crippen LogP contribution is -2.36. The summed E-state index contributed by atoms with van der Waals surface area (Å²) in [4.78, 5) is 26.2. The van der Waals surface area contributed by atoms with Gasteiger partial charge >= 0.3 is 0 Å². The molecule has 0 radical (unpaired) electrons. The number of hydrogen-bond acceptors (Lipinski definition) is 3. The van der Waals surface area contributed by atoms with Crippen molar-refractivity contribution in [1.29, 1.82) is 0 Å². The van der Waals surface area contributed by atoms with Crippen LogP contribution in [0.5, 0.6) is 0 Å². The Bertz CT molecular complexity index is 1450. The van der Waals surface area contributed by atoms with Crippen molar-refractivity contribution in [2.75, 3.05) is 0 Å². The first-order chi connectivity index (χ1) is 16.4. The number of rotatable bonds is 5. The van der Waals surface area contributed by atoms with E-state index in [1.54, 1.807) is 6.20 Å². The van der Waals surface area contributed by atoms with E-state index in [1.165, 1.54) is 15.8 Å². The number of aryl methyl sites for hydroxylation is 3. The molecule has 7 heteroatoms. The van der Waals surface area contributed by atoms with Crippen LogP contribution in [0, 0.1) is 13.8 Å². The third kappa shape index (κ3) is 4.14. The summed E-state index contributed by atoms with van der Waals surface area (Å²) in [5.41, 5.74) is 5.08. The van der Waals surface area contributed by atoms with Gasteiger partial charge in [-0.05, 0) is 61.9 Å². The van der Waals surface area contributed by atoms with Crippen LogP contribution < -0.4 is 10.9 Å². The number of benzene rings is 2. The second-order valence-electron chi connectivity index (χ2n) is 8.99. The monoisotopic (exact) mass is 474 g/mol. The van der Waals surface area contributed by atoms with Gasteiger partial charge in [-0.1, -0.05) is 48.0 Å². The number of carbonyl (C=O) groups is 1. The molecule has 0 aliphatic heterocycles. The topological polar surface area (TPSA) is 68.9 Å². The van der Waals surface area contributed by atoms with Gasteiger partial charge in [-0.15, -0.1) is 0 Å². The van der Waals surface area contributed by atoms with Gasteiger partial charge in [0.25, 0.3) is 5.56 Å². The number of halogens is 1. The fraction of sp³-hybridized carbons (Fsp3) is 0.296. The van der Waals surface area contributed by atoms with Gasteiger partial charge in [0, 0.05) is 28.3 Å². The molecule has 2 aromatic heterocycles. The maximum Gasteiger partial charge on any atom is 0.276 e. The highest BCUT2D eigenvalue weighted by atomic mass is 35.5. The number of carbonyl (C=O) groups excluding carboxylic acids is 1. The van der Waals surface area contributed by atoms with Crippen LogP contribution in [0.25, 0.3) is 10.8 Å². The molecule has 1 amide bonds. The molecule has 5 rings (SSSR count). The minimum atomic E-state index is -0.248. The van der Waals surface area contributed by atoms with E-state index >= 15 is 0 Å². The fourth-order valence-corrected chi connectivity index (χ4v) is 5.31. The highest BCUT2D eigenvalue weighted by Gasteiger charge is 2.22. The molecule has 1 aliphatic rings. The molecule has 1 aliphatic carbocycles. The largest absolute Gasteiger partial charge is 0.348 e. The summed E-state index contributed by atoms with van der Waals surface area (Å²) in [5.74, 6) is -0.205. The molecule has 2 aromatic carbocycles. The highest BCUT2D eigenvalue weighted by Crippen LogP contribution is 2.29. The number of hydrogen-bond donors (Lipinski definition) is 1. The number of amides is 1. The molecule has 0 saturated heterocycles. The van der Waals surface area contributed by atoms with Crippen molar-refractivity contribution < 1.29 is 4.79 Å². The Labute approximate surface area is 203 Å². The van der Waals surface area contributed by atoms with E-state index in [2.05, 4.69) is 27.1 Å². The minimum Gasteiger partial charge on any atom is -0.348 e. The number of nitrogens with one attached hydrogen (secondary N) is 1. The smallest absolute Gasteiger partial charge is 0.276 e. The fourth-order valence-electron chi connectivity index (χ4n) is 5.09. The molecule has 34 heavy (non-hydrogen) atoms. The van der Waals surface area contributed by atoms with Crippen LogP contribution in [0.4, 0.5) is 0 Å². The molecule has 2 heterocycles. The molecule has 1 N–H and O–H groups in total. The van der Waals surface area contributed by atoms with Crippen molar-refractivity contribution in [2.24, 2.45) is 0 Å². The van der Waals surface area contributed by atoms with Crippen LogP contribution in [0.3, 0.4) is 0 Å². The van der Waals surface area contributed by atoms with Crippen molar-refractivity contribution in [2.45, 2.75) is 52.2 Å². The lowest BCUT2D eigenvalue weighted by molar-refractivity contribution is -0.122. The third-order valence-corrected chi connectivity index (χ3v) is 7.07. The van der Waals surface area contributed by atoms with Gasteiger partial charge in [-0.3, -0.25) is 9.59 Å². The third-order valence-electron chi connectivity index (χ3n) is 6.83. The molecule has 0 fully saturated rings. The van der Waals surface area contributed by atoms with Gasteiger partial charge in [-0.25, -0.2) is 4.68 Å². The first-order valence-electron chi connectivity index (χ1n) is 11.6. The summed E-state index contributed by atoms with van der Waals surface area (Å²) >= 11 is 6.15. The standard InChI is InChI=1S/C27H27ClN4O2/c1-17-23-14-29-32(16-25(33)30-24-12-6-9-20-8-3-4-11-22(20)24)27(34)26(23)18(2)31(17)15-19-7-5-10-21(28)13-19/h3-5,7-8,10-11,13-14,24H,6,9,12,15-16H2,1-2H3,(H,30,33)/t24-/m1/s1. The van der Waals surface area contributed by atoms with E-state index in [0.717, 1.165) is 41.6 Å². The van der Waals surface area contributed by atoms with Gasteiger partial charge in [0.1, 0.15) is 6.54 Å². The zero-order valence-corrected chi connectivity index (χ0v) is 20.1. The summed E-state index contributed by atoms with van der Waals surface area (Å²) in [6.45, 7) is 4.42. The Hall–Kier alpha value is -3.38. The predicted molar refractivity (Wildman–Crippen MR) is 134 cm³/mol. The summed E-state index contributed by atoms with van der Waals surface area (Å²) in [6, 6.07) is 15.9. The van der Waals surface area contributed by atoms with E-state index in [-0.39, 0.29) is 24.1 Å². The Morgan fingerprint density at radius 2 is 1.97 bits per heavy atom. The average Bonchev–Trinajstić information content (AvgIpc) is 3.06. The van der Waals surface area contributed by atoms with Gasteiger partial charge in [0.15, 0.2) is 0 Å². The summed E-state index contributed by atoms with van der Waals surface area (Å²) < 4.78 is 3.37. The maximum atomic E-state index is 13.3. The van der Waals surface area contributed by atoms with E-state index in [9.17, 15) is 9.59 Å². The molecule has 4 aromatic rings. The Morgan fingerprint density at radius 3 is 2.79 bits per heavy atom. The lowest BCUT2D eigenvalue weighted by atomic mass is 9.88. The van der Waals surface area contributed by atoms with E-state index in [4.69, 9.17) is 11.6 Å². The van der Waals surface area contributed by atoms with Crippen molar-refractivity contribution in [3.63, 3.8) is 0 Å². The molecule has 0 saturated carbocycles. The van der Waals surface area contributed by atoms with E-state index in [1.807, 2.05) is 50.2 Å². The Kier molecular flexibility index (Phi) is 6.00. The first-order valence-corrected chi connectivity index (χ1v) is 12.0. The predicted octanol–water partition coefficient (Wildman–Crippen LogP) is 4.71. The molecule has 0 unspecified atom stereocenters. The number of fused-ring (bicyclic) bond motifs is 2. The zero-order valence-electron chi connectivity index (χ0n) is 19.3. The van der Waals surface area contributed by atoms with Crippen LogP contribution in [0.15, 0.2) is 59.5 Å². The molecule has 174 valence electrons. The van der Waals surface area contributed by atoms with Crippen molar-refractivity contribution in [3.05, 3.63) is 98.2 Å². The van der Waals surface area contributed by atoms with Crippen LogP contribution in [0.1, 0.15) is 47.0 Å². The van der Waals surface area contributed by atoms with Crippen molar-refractivity contribution in [1.82, 2.24) is 19.7 Å². The first kappa shape index (κ1) is 22.4. The Morgan fingerprint density at radius 1 is 1.15 bits per heavy atom. The maximum absolute atomic E-state index is 13.3. The van der Waals surface area contributed by atoms with Gasteiger partial charge < -0.3 is 9.88 Å². The quantitative estimate of drug-likeness (QED) is 0.455. The van der Waals surface area contributed by atoms with E-state index in [0.29, 0.717) is 17.0 Å². The minimum absolute atomic E-state index is 0.0281. The van der Waals surface area contributed by atoms with Crippen LogP contribution in [-0.4, -0.2) is 20.3 Å². The Balaban J connectivity index is 1.41. The van der Waals surface area contributed by atoms with Gasteiger partial charge in [0.2, 0.25) is 5.91 Å². The molecule has 1 atom stereocenters. The second kappa shape index (κ2) is 9.11. The van der Waals surface area contributed by atoms with Crippen LogP contribution >= 0.6 is 11.6 Å². The summed E-state index contributed by atoms with van der Waals surface area (Å²) in [7, 11) is 0. The summed E-state index contributed by atoms with van der Waals surface area (Å²) in [5, 5.41) is 9.53. The summed E-state index contributed by atoms with van der Waals surface area (Å²) in [6.07, 6.45) is 4.65. The lowest BCUT2D eigenvalue weighted by Gasteiger charge is -2.26. The molecule has 6 nitrogen and oxygen atoms in total. The van der Waals surface area contributed by atoms with Gasteiger partial charge in [-0.2, -0.15) is 5.10 Å². The SMILES string of the molecule is Cc1c2cnn(CC(=O)N[C@@H]3CCCc4ccccc43)c(=O)c2c(C)n1Cc1cccc(Cl)c1. The number of aromatic nitrogens is 3. The zero-order chi connectivity index (χ0) is 23.8. The van der Waals surface area contributed by atoms with Crippen molar-refractivity contribution in [3.8, 4) is 0 Å². The molecular formula is C27H27ClN4O2. The number of nitrogens with zero attached hydrogens (tertiary/aromatic N) is 3. The van der Waals surface area contributed by atoms with Gasteiger partial charge in [0.05, 0.1) is 17.6 Å². The molecule has 0 spiro atoms. The second-order valence-corrected chi connectivity index (χ2v) is 9.43. The highest BCUT2D eigenvalue weighted by molar-refractivity contribution is 6.30. The van der Waals surface area contributed by atoms with Crippen LogP contribution in [-0.2, 0) is 24.3 Å². The molecule has 0 bridgehead atoms. The average molecular weight is 475 g/mol. The normalized spacial score (nSPS) is 15.3. The van der Waals surface area contributed by atoms with Crippen LogP contribution in [0.2, 0.25) is 5.02 Å². The van der Waals surface area contributed by atoms with E-state index < -0.39 is 0 Å².